The first-order valence-electron chi connectivity index (χ1n) is 8.66. The molecule has 1 aliphatic rings. The van der Waals surface area contributed by atoms with Gasteiger partial charge in [0, 0.05) is 22.6 Å². The van der Waals surface area contributed by atoms with Crippen LogP contribution in [0.2, 0.25) is 5.02 Å². The monoisotopic (exact) mass is 418 g/mol. The number of ketones is 1. The SMILES string of the molecule is O=C(COC(=O)[C@@H]1CC(=O)N(NC(=O)c2ccc(Cl)cc2)C1)c1ccc(F)cc1. The van der Waals surface area contributed by atoms with E-state index in [1.807, 2.05) is 0 Å². The molecule has 29 heavy (non-hydrogen) atoms. The number of hydrogen-bond donors (Lipinski definition) is 1. The molecule has 1 aliphatic heterocycles. The van der Waals surface area contributed by atoms with Gasteiger partial charge in [-0.05, 0) is 48.5 Å². The highest BCUT2D eigenvalue weighted by Gasteiger charge is 2.36. The van der Waals surface area contributed by atoms with Crippen LogP contribution in [0.3, 0.4) is 0 Å². The zero-order chi connectivity index (χ0) is 21.0. The normalized spacial score (nSPS) is 15.9. The highest BCUT2D eigenvalue weighted by Crippen LogP contribution is 2.18. The molecular formula is C20H16ClFN2O5. The van der Waals surface area contributed by atoms with Gasteiger partial charge >= 0.3 is 5.97 Å². The largest absolute Gasteiger partial charge is 0.457 e. The van der Waals surface area contributed by atoms with Gasteiger partial charge in [0.15, 0.2) is 12.4 Å². The Morgan fingerprint density at radius 1 is 1.07 bits per heavy atom. The molecule has 7 nitrogen and oxygen atoms in total. The topological polar surface area (TPSA) is 92.8 Å². The standard InChI is InChI=1S/C20H16ClFN2O5/c21-15-5-1-13(2-6-15)19(27)23-24-10-14(9-18(24)26)20(28)29-11-17(25)12-3-7-16(22)8-4-12/h1-8,14H,9-11H2,(H,23,27)/t14-/m1/s1. The molecule has 2 aromatic rings. The molecule has 2 amide bonds. The van der Waals surface area contributed by atoms with Crippen molar-refractivity contribution in [1.82, 2.24) is 10.4 Å². The van der Waals surface area contributed by atoms with Crippen LogP contribution in [0.15, 0.2) is 48.5 Å². The van der Waals surface area contributed by atoms with Gasteiger partial charge in [-0.25, -0.2) is 4.39 Å². The number of Topliss-reactive ketones (excluding diaryl/α,β-unsaturated/α-hetero) is 1. The summed E-state index contributed by atoms with van der Waals surface area (Å²) in [6.07, 6.45) is -0.148. The molecule has 1 fully saturated rings. The second kappa shape index (κ2) is 8.83. The molecule has 0 aliphatic carbocycles. The van der Waals surface area contributed by atoms with Crippen molar-refractivity contribution < 1.29 is 28.3 Å². The predicted molar refractivity (Wildman–Crippen MR) is 100 cm³/mol. The lowest BCUT2D eigenvalue weighted by Gasteiger charge is -2.17. The predicted octanol–water partition coefficient (Wildman–Crippen LogP) is 2.40. The van der Waals surface area contributed by atoms with E-state index in [0.29, 0.717) is 10.6 Å². The molecule has 0 radical (unpaired) electrons. The number of benzene rings is 2. The highest BCUT2D eigenvalue weighted by molar-refractivity contribution is 6.30. The molecule has 3 rings (SSSR count). The lowest BCUT2D eigenvalue weighted by molar-refractivity contribution is -0.147. The van der Waals surface area contributed by atoms with Crippen molar-refractivity contribution in [2.24, 2.45) is 5.92 Å². The van der Waals surface area contributed by atoms with Gasteiger partial charge in [0.05, 0.1) is 12.5 Å². The molecule has 0 saturated carbocycles. The Morgan fingerprint density at radius 2 is 1.69 bits per heavy atom. The quantitative estimate of drug-likeness (QED) is 0.574. The lowest BCUT2D eigenvalue weighted by atomic mass is 10.1. The number of esters is 1. The Kier molecular flexibility index (Phi) is 6.23. The summed E-state index contributed by atoms with van der Waals surface area (Å²) in [5.41, 5.74) is 2.95. The molecule has 9 heteroatoms. The summed E-state index contributed by atoms with van der Waals surface area (Å²) in [5, 5.41) is 1.52. The third kappa shape index (κ3) is 5.17. The molecule has 2 aromatic carbocycles. The molecule has 1 N–H and O–H groups in total. The molecule has 1 heterocycles. The fourth-order valence-electron chi connectivity index (χ4n) is 2.74. The Labute approximate surface area is 170 Å². The van der Waals surface area contributed by atoms with Crippen molar-refractivity contribution >= 4 is 35.2 Å². The summed E-state index contributed by atoms with van der Waals surface area (Å²) in [7, 11) is 0. The summed E-state index contributed by atoms with van der Waals surface area (Å²) in [4.78, 5) is 48.4. The number of hydrogen-bond acceptors (Lipinski definition) is 5. The van der Waals surface area contributed by atoms with Crippen molar-refractivity contribution in [3.63, 3.8) is 0 Å². The minimum absolute atomic E-state index is 0.0677. The summed E-state index contributed by atoms with van der Waals surface area (Å²) in [5.74, 6) is -3.47. The van der Waals surface area contributed by atoms with E-state index >= 15 is 0 Å². The van der Waals surface area contributed by atoms with E-state index in [-0.39, 0.29) is 18.5 Å². The van der Waals surface area contributed by atoms with Crippen LogP contribution < -0.4 is 5.43 Å². The smallest absolute Gasteiger partial charge is 0.311 e. The van der Waals surface area contributed by atoms with Gasteiger partial charge < -0.3 is 4.74 Å². The number of amides is 2. The average Bonchev–Trinajstić information content (AvgIpc) is 3.07. The van der Waals surface area contributed by atoms with E-state index in [9.17, 15) is 23.6 Å². The zero-order valence-corrected chi connectivity index (χ0v) is 15.8. The van der Waals surface area contributed by atoms with Crippen molar-refractivity contribution in [2.45, 2.75) is 6.42 Å². The van der Waals surface area contributed by atoms with E-state index in [0.717, 1.165) is 17.1 Å². The van der Waals surface area contributed by atoms with E-state index < -0.39 is 41.9 Å². The third-order valence-electron chi connectivity index (χ3n) is 4.31. The van der Waals surface area contributed by atoms with Crippen LogP contribution in [0.5, 0.6) is 0 Å². The minimum atomic E-state index is -0.811. The average molecular weight is 419 g/mol. The van der Waals surface area contributed by atoms with Gasteiger partial charge in [0.1, 0.15) is 5.82 Å². The Hall–Kier alpha value is -3.26. The lowest BCUT2D eigenvalue weighted by Crippen LogP contribution is -2.43. The van der Waals surface area contributed by atoms with Crippen LogP contribution in [-0.2, 0) is 14.3 Å². The maximum absolute atomic E-state index is 12.9. The van der Waals surface area contributed by atoms with Crippen LogP contribution in [-0.4, -0.2) is 41.7 Å². The molecule has 0 aromatic heterocycles. The van der Waals surface area contributed by atoms with Gasteiger partial charge in [-0.3, -0.25) is 29.6 Å². The molecule has 150 valence electrons. The van der Waals surface area contributed by atoms with Crippen LogP contribution in [0.1, 0.15) is 27.1 Å². The van der Waals surface area contributed by atoms with Gasteiger partial charge in [0.25, 0.3) is 5.91 Å². The second-order valence-electron chi connectivity index (χ2n) is 6.39. The number of nitrogens with one attached hydrogen (secondary N) is 1. The molecule has 1 atom stereocenters. The van der Waals surface area contributed by atoms with Crippen LogP contribution in [0.25, 0.3) is 0 Å². The van der Waals surface area contributed by atoms with Gasteiger partial charge in [-0.15, -0.1) is 0 Å². The number of halogens is 2. The van der Waals surface area contributed by atoms with Crippen LogP contribution in [0, 0.1) is 11.7 Å². The van der Waals surface area contributed by atoms with Gasteiger partial charge in [-0.1, -0.05) is 11.6 Å². The first-order valence-corrected chi connectivity index (χ1v) is 9.03. The first-order chi connectivity index (χ1) is 13.8. The summed E-state index contributed by atoms with van der Waals surface area (Å²) in [6, 6.07) is 10.9. The molecular weight excluding hydrogens is 403 g/mol. The van der Waals surface area contributed by atoms with E-state index in [2.05, 4.69) is 5.43 Å². The maximum Gasteiger partial charge on any atom is 0.311 e. The van der Waals surface area contributed by atoms with Gasteiger partial charge in [0.2, 0.25) is 5.91 Å². The van der Waals surface area contributed by atoms with Crippen LogP contribution in [0.4, 0.5) is 4.39 Å². The second-order valence-corrected chi connectivity index (χ2v) is 6.83. The number of rotatable bonds is 6. The first kappa shape index (κ1) is 20.5. The van der Waals surface area contributed by atoms with Crippen molar-refractivity contribution in [3.05, 3.63) is 70.5 Å². The molecule has 1 saturated heterocycles. The maximum atomic E-state index is 12.9. The Balaban J connectivity index is 1.51. The fraction of sp³-hybridized carbons (Fsp3) is 0.200. The number of carbonyl (C=O) groups excluding carboxylic acids is 4. The highest BCUT2D eigenvalue weighted by atomic mass is 35.5. The number of ether oxygens (including phenoxy) is 1. The minimum Gasteiger partial charge on any atom is -0.457 e. The molecule has 0 spiro atoms. The Bertz CT molecular complexity index is 946. The van der Waals surface area contributed by atoms with E-state index in [4.69, 9.17) is 16.3 Å². The van der Waals surface area contributed by atoms with Crippen molar-refractivity contribution in [1.29, 1.82) is 0 Å². The number of hydrazine groups is 1. The van der Waals surface area contributed by atoms with Crippen molar-refractivity contribution in [3.8, 4) is 0 Å². The molecule has 0 bridgehead atoms. The zero-order valence-electron chi connectivity index (χ0n) is 15.1. The van der Waals surface area contributed by atoms with Gasteiger partial charge in [-0.2, -0.15) is 0 Å². The van der Waals surface area contributed by atoms with E-state index in [1.165, 1.54) is 24.3 Å². The number of nitrogens with zero attached hydrogens (tertiary/aromatic N) is 1. The summed E-state index contributed by atoms with van der Waals surface area (Å²) < 4.78 is 17.9. The van der Waals surface area contributed by atoms with E-state index in [1.54, 1.807) is 12.1 Å². The fourth-order valence-corrected chi connectivity index (χ4v) is 2.86. The molecule has 0 unspecified atom stereocenters. The Morgan fingerprint density at radius 3 is 2.34 bits per heavy atom. The van der Waals surface area contributed by atoms with Crippen molar-refractivity contribution in [2.75, 3.05) is 13.2 Å². The summed E-state index contributed by atoms with van der Waals surface area (Å²) in [6.45, 7) is -0.589. The number of carbonyl (C=O) groups is 4. The van der Waals surface area contributed by atoms with Crippen LogP contribution >= 0.6 is 11.6 Å². The summed E-state index contributed by atoms with van der Waals surface area (Å²) >= 11 is 5.77. The third-order valence-corrected chi connectivity index (χ3v) is 4.56.